The summed E-state index contributed by atoms with van der Waals surface area (Å²) in [6, 6.07) is 1.36. The maximum absolute atomic E-state index is 9.73. The minimum atomic E-state index is -0.189. The highest BCUT2D eigenvalue weighted by atomic mass is 16.3. The van der Waals surface area contributed by atoms with Gasteiger partial charge in [-0.1, -0.05) is 0 Å². The van der Waals surface area contributed by atoms with Crippen LogP contribution in [0.3, 0.4) is 0 Å². The number of aryl methyl sites for hydroxylation is 1. The second-order valence-electron chi connectivity index (χ2n) is 3.82. The summed E-state index contributed by atoms with van der Waals surface area (Å²) in [4.78, 5) is 3.95. The molecular weight excluding hydrogens is 194 g/mol. The lowest BCUT2D eigenvalue weighted by Gasteiger charge is -2.07. The summed E-state index contributed by atoms with van der Waals surface area (Å²) >= 11 is 0. The molecule has 80 valence electrons. The third-order valence-corrected chi connectivity index (χ3v) is 2.28. The van der Waals surface area contributed by atoms with Crippen molar-refractivity contribution < 1.29 is 10.2 Å². The average molecular weight is 207 g/mol. The van der Waals surface area contributed by atoms with Crippen molar-refractivity contribution in [3.05, 3.63) is 11.8 Å². The van der Waals surface area contributed by atoms with E-state index in [2.05, 4.69) is 10.1 Å². The van der Waals surface area contributed by atoms with Gasteiger partial charge in [0.2, 0.25) is 5.88 Å². The van der Waals surface area contributed by atoms with Crippen molar-refractivity contribution in [1.29, 1.82) is 0 Å². The highest BCUT2D eigenvalue weighted by Gasteiger charge is 2.15. The first-order valence-electron chi connectivity index (χ1n) is 4.78. The number of pyridine rings is 1. The van der Waals surface area contributed by atoms with Crippen LogP contribution < -0.4 is 0 Å². The van der Waals surface area contributed by atoms with Crippen molar-refractivity contribution in [3.8, 4) is 11.6 Å². The van der Waals surface area contributed by atoms with E-state index < -0.39 is 0 Å². The van der Waals surface area contributed by atoms with Gasteiger partial charge in [-0.3, -0.25) is 4.68 Å². The molecule has 0 spiro atoms. The van der Waals surface area contributed by atoms with E-state index in [1.54, 1.807) is 11.6 Å². The standard InChI is InChI=1S/C10H13N3O2/c1-5(2)13-10-7(14)4-8(15)11-9(10)6(3)12-13/h4-5H,1-3H3,(H2,11,14,15). The van der Waals surface area contributed by atoms with Gasteiger partial charge >= 0.3 is 0 Å². The molecule has 0 aliphatic heterocycles. The van der Waals surface area contributed by atoms with Crippen LogP contribution >= 0.6 is 0 Å². The van der Waals surface area contributed by atoms with Gasteiger partial charge in [-0.05, 0) is 20.8 Å². The van der Waals surface area contributed by atoms with E-state index >= 15 is 0 Å². The fourth-order valence-corrected chi connectivity index (χ4v) is 1.62. The predicted octanol–water partition coefficient (Wildman–Crippen LogP) is 1.73. The van der Waals surface area contributed by atoms with Gasteiger partial charge in [-0.15, -0.1) is 0 Å². The van der Waals surface area contributed by atoms with E-state index in [9.17, 15) is 10.2 Å². The van der Waals surface area contributed by atoms with Crippen molar-refractivity contribution in [2.24, 2.45) is 0 Å². The van der Waals surface area contributed by atoms with Crippen LogP contribution in [0.5, 0.6) is 11.6 Å². The van der Waals surface area contributed by atoms with Crippen LogP contribution in [0.25, 0.3) is 11.0 Å². The highest BCUT2D eigenvalue weighted by molar-refractivity contribution is 5.84. The molecule has 2 N–H and O–H groups in total. The summed E-state index contributed by atoms with van der Waals surface area (Å²) in [5.74, 6) is -0.182. The van der Waals surface area contributed by atoms with Gasteiger partial charge in [0.1, 0.15) is 16.8 Å². The number of hydrogen-bond acceptors (Lipinski definition) is 4. The maximum atomic E-state index is 9.73. The van der Waals surface area contributed by atoms with E-state index in [1.165, 1.54) is 6.07 Å². The Balaban J connectivity index is 2.87. The Hall–Kier alpha value is -1.78. The minimum absolute atomic E-state index is 0.00630. The summed E-state index contributed by atoms with van der Waals surface area (Å²) in [6.45, 7) is 5.74. The molecule has 0 saturated heterocycles. The third-order valence-electron chi connectivity index (χ3n) is 2.28. The molecule has 0 unspecified atom stereocenters. The quantitative estimate of drug-likeness (QED) is 0.747. The normalized spacial score (nSPS) is 11.5. The van der Waals surface area contributed by atoms with Gasteiger partial charge in [0.25, 0.3) is 0 Å². The van der Waals surface area contributed by atoms with Crippen molar-refractivity contribution in [2.45, 2.75) is 26.8 Å². The van der Waals surface area contributed by atoms with Crippen LogP contribution in [0.1, 0.15) is 25.6 Å². The Kier molecular flexibility index (Phi) is 2.03. The number of aromatic hydroxyl groups is 2. The first-order chi connectivity index (χ1) is 7.00. The molecule has 0 aliphatic carbocycles. The number of aromatic nitrogens is 3. The number of rotatable bonds is 1. The van der Waals surface area contributed by atoms with Crippen LogP contribution in [-0.2, 0) is 0 Å². The fraction of sp³-hybridized carbons (Fsp3) is 0.400. The highest BCUT2D eigenvalue weighted by Crippen LogP contribution is 2.30. The molecule has 5 nitrogen and oxygen atoms in total. The summed E-state index contributed by atoms with van der Waals surface area (Å²) < 4.78 is 1.70. The minimum Gasteiger partial charge on any atom is -0.505 e. The van der Waals surface area contributed by atoms with Gasteiger partial charge in [-0.2, -0.15) is 5.10 Å². The van der Waals surface area contributed by atoms with Crippen LogP contribution in [-0.4, -0.2) is 25.0 Å². The zero-order chi connectivity index (χ0) is 11.2. The number of fused-ring (bicyclic) bond motifs is 1. The Morgan fingerprint density at radius 2 is 2.00 bits per heavy atom. The number of hydrogen-bond donors (Lipinski definition) is 2. The van der Waals surface area contributed by atoms with E-state index in [1.807, 2.05) is 13.8 Å². The monoisotopic (exact) mass is 207 g/mol. The molecule has 15 heavy (non-hydrogen) atoms. The van der Waals surface area contributed by atoms with E-state index in [4.69, 9.17) is 0 Å². The molecule has 2 heterocycles. The molecule has 2 aromatic heterocycles. The molecule has 0 atom stereocenters. The fourth-order valence-electron chi connectivity index (χ4n) is 1.62. The zero-order valence-corrected chi connectivity index (χ0v) is 8.89. The van der Waals surface area contributed by atoms with E-state index in [-0.39, 0.29) is 17.7 Å². The van der Waals surface area contributed by atoms with E-state index in [0.717, 1.165) is 0 Å². The van der Waals surface area contributed by atoms with Crippen molar-refractivity contribution in [3.63, 3.8) is 0 Å². The summed E-state index contributed by atoms with van der Waals surface area (Å²) in [5.41, 5.74) is 1.81. The smallest absolute Gasteiger partial charge is 0.215 e. The van der Waals surface area contributed by atoms with E-state index in [0.29, 0.717) is 16.7 Å². The molecule has 0 fully saturated rings. The van der Waals surface area contributed by atoms with Gasteiger partial charge < -0.3 is 10.2 Å². The largest absolute Gasteiger partial charge is 0.505 e. The molecule has 0 bridgehead atoms. The molecule has 0 radical (unpaired) electrons. The summed E-state index contributed by atoms with van der Waals surface area (Å²) in [7, 11) is 0. The maximum Gasteiger partial charge on any atom is 0.215 e. The van der Waals surface area contributed by atoms with Crippen molar-refractivity contribution in [2.75, 3.05) is 0 Å². The second-order valence-corrected chi connectivity index (χ2v) is 3.82. The summed E-state index contributed by atoms with van der Waals surface area (Å²) in [5, 5.41) is 23.3. The van der Waals surface area contributed by atoms with Crippen molar-refractivity contribution >= 4 is 11.0 Å². The first-order valence-corrected chi connectivity index (χ1v) is 4.78. The van der Waals surface area contributed by atoms with Crippen LogP contribution in [0.2, 0.25) is 0 Å². The predicted molar refractivity (Wildman–Crippen MR) is 56.0 cm³/mol. The molecule has 2 rings (SSSR count). The summed E-state index contributed by atoms with van der Waals surface area (Å²) in [6.07, 6.45) is 0. The Morgan fingerprint density at radius 3 is 2.60 bits per heavy atom. The van der Waals surface area contributed by atoms with Gasteiger partial charge in [-0.25, -0.2) is 4.98 Å². The Labute approximate surface area is 87.0 Å². The number of nitrogens with zero attached hydrogens (tertiary/aromatic N) is 3. The lowest BCUT2D eigenvalue weighted by Crippen LogP contribution is -2.02. The molecule has 0 aliphatic rings. The molecule has 0 amide bonds. The zero-order valence-electron chi connectivity index (χ0n) is 8.89. The molecule has 2 aromatic rings. The lowest BCUT2D eigenvalue weighted by atomic mass is 10.3. The average Bonchev–Trinajstić information content (AvgIpc) is 2.44. The SMILES string of the molecule is Cc1nn(C(C)C)c2c(O)cc(O)nc12. The molecule has 0 saturated carbocycles. The molecule has 5 heteroatoms. The van der Waals surface area contributed by atoms with Gasteiger partial charge in [0, 0.05) is 12.1 Å². The second kappa shape index (κ2) is 3.12. The van der Waals surface area contributed by atoms with Gasteiger partial charge in [0.05, 0.1) is 5.69 Å². The van der Waals surface area contributed by atoms with Crippen LogP contribution in [0.4, 0.5) is 0 Å². The molecular formula is C10H13N3O2. The van der Waals surface area contributed by atoms with Crippen molar-refractivity contribution in [1.82, 2.24) is 14.8 Å². The molecule has 0 aromatic carbocycles. The Bertz CT molecular complexity index is 517. The van der Waals surface area contributed by atoms with Crippen LogP contribution in [0.15, 0.2) is 6.07 Å². The lowest BCUT2D eigenvalue weighted by molar-refractivity contribution is 0.437. The van der Waals surface area contributed by atoms with Crippen LogP contribution in [0, 0.1) is 6.92 Å². The third kappa shape index (κ3) is 1.40. The van der Waals surface area contributed by atoms with Gasteiger partial charge in [0.15, 0.2) is 0 Å². The Morgan fingerprint density at radius 1 is 1.33 bits per heavy atom. The first kappa shape index (κ1) is 9.76. The topological polar surface area (TPSA) is 71.2 Å².